The molecule has 0 spiro atoms. The van der Waals surface area contributed by atoms with Crippen molar-refractivity contribution >= 4 is 33.6 Å². The molecule has 0 bridgehead atoms. The van der Waals surface area contributed by atoms with E-state index < -0.39 is 40.8 Å². The first-order valence-corrected chi connectivity index (χ1v) is 8.25. The molecule has 0 aliphatic heterocycles. The Balaban J connectivity index is 3.17. The number of rotatable bonds is 8. The first kappa shape index (κ1) is 19.2. The minimum atomic E-state index is -4.27. The van der Waals surface area contributed by atoms with Crippen LogP contribution in [0.25, 0.3) is 0 Å². The fourth-order valence-corrected chi connectivity index (χ4v) is 3.39. The lowest BCUT2D eigenvalue weighted by molar-refractivity contribution is -0.140. The van der Waals surface area contributed by atoms with Gasteiger partial charge >= 0.3 is 11.9 Å². The summed E-state index contributed by atoms with van der Waals surface area (Å²) in [6.45, 7) is 1.65. The zero-order chi connectivity index (χ0) is 17.8. The number of halogens is 1. The predicted octanol–water partition coefficient (Wildman–Crippen LogP) is 1.25. The van der Waals surface area contributed by atoms with E-state index >= 15 is 0 Å². The van der Waals surface area contributed by atoms with Crippen LogP contribution < -0.4 is 9.46 Å². The van der Waals surface area contributed by atoms with Crippen LogP contribution in [0.3, 0.4) is 0 Å². The number of ether oxygens (including phenoxy) is 1. The fourth-order valence-electron chi connectivity index (χ4n) is 1.76. The van der Waals surface area contributed by atoms with Crippen LogP contribution in [0.1, 0.15) is 18.4 Å². The third-order valence-corrected chi connectivity index (χ3v) is 4.88. The summed E-state index contributed by atoms with van der Waals surface area (Å²) in [5.41, 5.74) is 0.586. The second-order valence-electron chi connectivity index (χ2n) is 4.70. The highest BCUT2D eigenvalue weighted by atomic mass is 35.5. The van der Waals surface area contributed by atoms with E-state index in [2.05, 4.69) is 0 Å². The van der Waals surface area contributed by atoms with Crippen molar-refractivity contribution < 1.29 is 33.0 Å². The Morgan fingerprint density at radius 2 is 1.96 bits per heavy atom. The number of carboxylic acid groups (broad SMARTS) is 2. The Morgan fingerprint density at radius 3 is 2.43 bits per heavy atom. The summed E-state index contributed by atoms with van der Waals surface area (Å²) in [5.74, 6) is -2.71. The van der Waals surface area contributed by atoms with Gasteiger partial charge in [0.1, 0.15) is 16.7 Å². The van der Waals surface area contributed by atoms with E-state index in [4.69, 9.17) is 26.6 Å². The highest BCUT2D eigenvalue weighted by Crippen LogP contribution is 2.30. The van der Waals surface area contributed by atoms with E-state index in [1.54, 1.807) is 6.92 Å². The molecule has 0 fully saturated rings. The molecule has 0 heterocycles. The van der Waals surface area contributed by atoms with Gasteiger partial charge < -0.3 is 14.9 Å². The Kier molecular flexibility index (Phi) is 6.37. The van der Waals surface area contributed by atoms with E-state index in [0.29, 0.717) is 5.56 Å². The van der Waals surface area contributed by atoms with Crippen molar-refractivity contribution in [3.05, 3.63) is 22.7 Å². The molecule has 10 heteroatoms. The molecule has 1 atom stereocenters. The number of carbonyl (C=O) groups is 2. The van der Waals surface area contributed by atoms with Crippen LogP contribution in [0, 0.1) is 6.92 Å². The van der Waals surface area contributed by atoms with E-state index in [1.165, 1.54) is 13.2 Å². The molecular weight excluding hydrogens is 350 g/mol. The van der Waals surface area contributed by atoms with Crippen LogP contribution in [0.2, 0.25) is 5.02 Å². The van der Waals surface area contributed by atoms with Crippen LogP contribution in [-0.4, -0.2) is 43.7 Å². The smallest absolute Gasteiger partial charge is 0.321 e. The van der Waals surface area contributed by atoms with Crippen molar-refractivity contribution in [2.24, 2.45) is 0 Å². The van der Waals surface area contributed by atoms with Gasteiger partial charge in [0.25, 0.3) is 0 Å². The largest absolute Gasteiger partial charge is 0.495 e. The zero-order valence-corrected chi connectivity index (χ0v) is 13.9. The van der Waals surface area contributed by atoms with Crippen molar-refractivity contribution in [3.63, 3.8) is 0 Å². The lowest BCUT2D eigenvalue weighted by Gasteiger charge is -2.16. The molecule has 0 aliphatic carbocycles. The first-order chi connectivity index (χ1) is 10.6. The summed E-state index contributed by atoms with van der Waals surface area (Å²) in [7, 11) is -3.00. The minimum Gasteiger partial charge on any atom is -0.495 e. The Hall–Kier alpha value is -1.84. The lowest BCUT2D eigenvalue weighted by Crippen LogP contribution is -2.41. The fraction of sp³-hybridized carbons (Fsp3) is 0.385. The summed E-state index contributed by atoms with van der Waals surface area (Å²) in [6, 6.07) is 0.971. The molecule has 1 aromatic carbocycles. The SMILES string of the molecule is COc1cc(C)c(Cl)cc1S(=O)(=O)N[C@@H](CCC(=O)O)C(=O)O. The Bertz CT molecular complexity index is 717. The molecule has 0 radical (unpaired) electrons. The molecular formula is C13H16ClNO7S. The highest BCUT2D eigenvalue weighted by molar-refractivity contribution is 7.89. The maximum atomic E-state index is 12.4. The number of methoxy groups -OCH3 is 1. The number of hydrogen-bond acceptors (Lipinski definition) is 5. The predicted molar refractivity (Wildman–Crippen MR) is 81.4 cm³/mol. The number of aryl methyl sites for hydroxylation is 1. The molecule has 8 nitrogen and oxygen atoms in total. The van der Waals surface area contributed by atoms with E-state index in [-0.39, 0.29) is 15.7 Å². The van der Waals surface area contributed by atoms with Gasteiger partial charge in [-0.15, -0.1) is 0 Å². The van der Waals surface area contributed by atoms with Crippen LogP contribution in [0.4, 0.5) is 0 Å². The van der Waals surface area contributed by atoms with Crippen LogP contribution in [0.15, 0.2) is 17.0 Å². The molecule has 0 saturated heterocycles. The lowest BCUT2D eigenvalue weighted by atomic mass is 10.2. The maximum Gasteiger partial charge on any atom is 0.321 e. The van der Waals surface area contributed by atoms with Gasteiger partial charge in [-0.25, -0.2) is 8.42 Å². The van der Waals surface area contributed by atoms with Crippen molar-refractivity contribution in [1.29, 1.82) is 0 Å². The standard InChI is InChI=1S/C13H16ClNO7S/c1-7-5-10(22-2)11(6-8(7)14)23(20,21)15-9(13(18)19)3-4-12(16)17/h5-6,9,15H,3-4H2,1-2H3,(H,16,17)(H,18,19)/t9-/m0/s1. The van der Waals surface area contributed by atoms with Gasteiger partial charge in [0, 0.05) is 11.4 Å². The van der Waals surface area contributed by atoms with Crippen LogP contribution in [0.5, 0.6) is 5.75 Å². The molecule has 0 unspecified atom stereocenters. The summed E-state index contributed by atoms with van der Waals surface area (Å²) in [4.78, 5) is 21.3. The van der Waals surface area contributed by atoms with Gasteiger partial charge in [-0.05, 0) is 31.0 Å². The van der Waals surface area contributed by atoms with Gasteiger partial charge in [-0.2, -0.15) is 4.72 Å². The molecule has 3 N–H and O–H groups in total. The Labute approximate surface area is 138 Å². The van der Waals surface area contributed by atoms with Crippen molar-refractivity contribution in [1.82, 2.24) is 4.72 Å². The number of carboxylic acids is 2. The molecule has 1 aromatic rings. The molecule has 0 saturated carbocycles. The van der Waals surface area contributed by atoms with E-state index in [0.717, 1.165) is 6.07 Å². The molecule has 1 rings (SSSR count). The number of aliphatic carboxylic acids is 2. The summed E-state index contributed by atoms with van der Waals surface area (Å²) < 4.78 is 31.7. The number of sulfonamides is 1. The van der Waals surface area contributed by atoms with Crippen LogP contribution in [-0.2, 0) is 19.6 Å². The van der Waals surface area contributed by atoms with Gasteiger partial charge in [-0.1, -0.05) is 11.6 Å². The summed E-state index contributed by atoms with van der Waals surface area (Å²) >= 11 is 5.91. The molecule has 0 amide bonds. The second-order valence-corrected chi connectivity index (χ2v) is 6.79. The maximum absolute atomic E-state index is 12.4. The minimum absolute atomic E-state index is 0.00164. The van der Waals surface area contributed by atoms with Gasteiger partial charge in [0.15, 0.2) is 0 Å². The Morgan fingerprint density at radius 1 is 1.35 bits per heavy atom. The molecule has 128 valence electrons. The molecule has 0 aromatic heterocycles. The molecule has 0 aliphatic rings. The average Bonchev–Trinajstić information content (AvgIpc) is 2.45. The topological polar surface area (TPSA) is 130 Å². The van der Waals surface area contributed by atoms with Crippen molar-refractivity contribution in [2.45, 2.75) is 30.7 Å². The van der Waals surface area contributed by atoms with Crippen LogP contribution >= 0.6 is 11.6 Å². The van der Waals surface area contributed by atoms with Crippen molar-refractivity contribution in [3.8, 4) is 5.75 Å². The average molecular weight is 366 g/mol. The number of benzene rings is 1. The van der Waals surface area contributed by atoms with Gasteiger partial charge in [0.05, 0.1) is 7.11 Å². The summed E-state index contributed by atoms with van der Waals surface area (Å²) in [6.07, 6.45) is -0.892. The zero-order valence-electron chi connectivity index (χ0n) is 12.4. The normalized spacial score (nSPS) is 12.7. The monoisotopic (exact) mass is 365 g/mol. The molecule has 23 heavy (non-hydrogen) atoms. The number of hydrogen-bond donors (Lipinski definition) is 3. The quantitative estimate of drug-likeness (QED) is 0.632. The summed E-state index contributed by atoms with van der Waals surface area (Å²) in [5, 5.41) is 17.8. The van der Waals surface area contributed by atoms with Crippen molar-refractivity contribution in [2.75, 3.05) is 7.11 Å². The first-order valence-electron chi connectivity index (χ1n) is 6.39. The third-order valence-electron chi connectivity index (χ3n) is 2.98. The van der Waals surface area contributed by atoms with E-state index in [9.17, 15) is 18.0 Å². The second kappa shape index (κ2) is 7.62. The van der Waals surface area contributed by atoms with E-state index in [1.807, 2.05) is 4.72 Å². The van der Waals surface area contributed by atoms with Gasteiger partial charge in [0.2, 0.25) is 10.0 Å². The third kappa shape index (κ3) is 5.08. The van der Waals surface area contributed by atoms with Gasteiger partial charge in [-0.3, -0.25) is 9.59 Å². The highest BCUT2D eigenvalue weighted by Gasteiger charge is 2.28. The number of nitrogens with one attached hydrogen (secondary N) is 1.